The van der Waals surface area contributed by atoms with Gasteiger partial charge in [-0.2, -0.15) is 0 Å². The molecule has 2 aromatic carbocycles. The van der Waals surface area contributed by atoms with E-state index in [1.165, 1.54) is 17.8 Å². The van der Waals surface area contributed by atoms with Gasteiger partial charge in [-0.3, -0.25) is 4.79 Å². The number of piperazine rings is 1. The van der Waals surface area contributed by atoms with Crippen molar-refractivity contribution in [1.82, 2.24) is 4.90 Å². The lowest BCUT2D eigenvalue weighted by molar-refractivity contribution is -0.128. The summed E-state index contributed by atoms with van der Waals surface area (Å²) in [7, 11) is 0. The number of phenols is 1. The zero-order valence-corrected chi connectivity index (χ0v) is 14.0. The average Bonchev–Trinajstić information content (AvgIpc) is 2.62. The van der Waals surface area contributed by atoms with E-state index in [-0.39, 0.29) is 23.2 Å². The zero-order chi connectivity index (χ0) is 16.9. The number of phenolic OH excluding ortho intramolecular Hbond substituents is 1. The van der Waals surface area contributed by atoms with Crippen LogP contribution in [0.3, 0.4) is 0 Å². The van der Waals surface area contributed by atoms with Gasteiger partial charge < -0.3 is 14.9 Å². The molecule has 4 nitrogen and oxygen atoms in total. The Morgan fingerprint density at radius 2 is 1.71 bits per heavy atom. The van der Waals surface area contributed by atoms with Crippen LogP contribution in [0.25, 0.3) is 0 Å². The second-order valence-corrected chi connectivity index (χ2v) is 6.62. The van der Waals surface area contributed by atoms with E-state index >= 15 is 0 Å². The number of hydrogen-bond acceptors (Lipinski definition) is 4. The van der Waals surface area contributed by atoms with Crippen LogP contribution in [-0.2, 0) is 4.79 Å². The topological polar surface area (TPSA) is 43.8 Å². The summed E-state index contributed by atoms with van der Waals surface area (Å²) >= 11 is 1.24. The molecule has 0 spiro atoms. The van der Waals surface area contributed by atoms with E-state index in [1.54, 1.807) is 30.3 Å². The van der Waals surface area contributed by atoms with Crippen LogP contribution < -0.4 is 4.90 Å². The van der Waals surface area contributed by atoms with Gasteiger partial charge in [0.15, 0.2) is 0 Å². The number of aromatic hydroxyl groups is 1. The van der Waals surface area contributed by atoms with Crippen molar-refractivity contribution >= 4 is 23.4 Å². The van der Waals surface area contributed by atoms with Crippen LogP contribution in [0.15, 0.2) is 53.4 Å². The van der Waals surface area contributed by atoms with E-state index in [4.69, 9.17) is 0 Å². The largest absolute Gasteiger partial charge is 0.508 e. The molecule has 0 atom stereocenters. The lowest BCUT2D eigenvalue weighted by Gasteiger charge is -2.36. The van der Waals surface area contributed by atoms with E-state index in [9.17, 15) is 14.3 Å². The molecule has 1 amide bonds. The van der Waals surface area contributed by atoms with Crippen molar-refractivity contribution in [2.75, 3.05) is 36.8 Å². The maximum atomic E-state index is 13.6. The Labute approximate surface area is 144 Å². The van der Waals surface area contributed by atoms with Gasteiger partial charge in [0.2, 0.25) is 5.91 Å². The van der Waals surface area contributed by atoms with E-state index in [0.717, 1.165) is 18.8 Å². The summed E-state index contributed by atoms with van der Waals surface area (Å²) in [6.45, 7) is 2.80. The Morgan fingerprint density at radius 1 is 1.04 bits per heavy atom. The summed E-state index contributed by atoms with van der Waals surface area (Å²) in [5.74, 6) is 0.249. The van der Waals surface area contributed by atoms with Crippen molar-refractivity contribution in [3.8, 4) is 5.75 Å². The first-order valence-electron chi connectivity index (χ1n) is 7.82. The fraction of sp³-hybridized carbons (Fsp3) is 0.278. The number of anilines is 1. The maximum absolute atomic E-state index is 13.6. The van der Waals surface area contributed by atoms with Crippen molar-refractivity contribution in [3.63, 3.8) is 0 Å². The quantitative estimate of drug-likeness (QED) is 0.865. The first kappa shape index (κ1) is 16.6. The third-order valence-electron chi connectivity index (χ3n) is 4.04. The van der Waals surface area contributed by atoms with Crippen molar-refractivity contribution in [3.05, 3.63) is 54.3 Å². The fourth-order valence-electron chi connectivity index (χ4n) is 2.67. The molecule has 6 heteroatoms. The smallest absolute Gasteiger partial charge is 0.233 e. The van der Waals surface area contributed by atoms with Gasteiger partial charge in [-0.1, -0.05) is 12.1 Å². The lowest BCUT2D eigenvalue weighted by atomic mass is 10.2. The van der Waals surface area contributed by atoms with Gasteiger partial charge in [0.1, 0.15) is 11.6 Å². The first-order valence-corrected chi connectivity index (χ1v) is 8.81. The highest BCUT2D eigenvalue weighted by atomic mass is 32.2. The molecule has 1 N–H and O–H groups in total. The molecule has 0 aliphatic carbocycles. The van der Waals surface area contributed by atoms with Gasteiger partial charge in [0, 0.05) is 36.8 Å². The number of thioether (sulfide) groups is 1. The molecule has 2 aromatic rings. The highest BCUT2D eigenvalue weighted by molar-refractivity contribution is 8.00. The van der Waals surface area contributed by atoms with Gasteiger partial charge in [-0.15, -0.1) is 11.8 Å². The number of carbonyl (C=O) groups excluding carboxylic acids is 1. The number of nitrogens with zero attached hydrogens (tertiary/aromatic N) is 2. The maximum Gasteiger partial charge on any atom is 0.233 e. The molecule has 126 valence electrons. The molecule has 1 heterocycles. The Balaban J connectivity index is 1.50. The Kier molecular flexibility index (Phi) is 5.25. The molecular weight excluding hydrogens is 327 g/mol. The molecule has 1 aliphatic heterocycles. The van der Waals surface area contributed by atoms with Gasteiger partial charge in [0.25, 0.3) is 0 Å². The Bertz CT molecular complexity index is 700. The van der Waals surface area contributed by atoms with E-state index in [0.29, 0.717) is 18.0 Å². The second-order valence-electron chi connectivity index (χ2n) is 5.60. The SMILES string of the molecule is O=C(CSc1ccccc1F)N1CCN(c2ccc(O)cc2)CC1. The number of hydrogen-bond donors (Lipinski definition) is 1. The lowest BCUT2D eigenvalue weighted by Crippen LogP contribution is -2.49. The summed E-state index contributed by atoms with van der Waals surface area (Å²) < 4.78 is 13.6. The zero-order valence-electron chi connectivity index (χ0n) is 13.2. The molecule has 0 saturated carbocycles. The minimum absolute atomic E-state index is 0.0357. The molecule has 0 aromatic heterocycles. The van der Waals surface area contributed by atoms with Gasteiger partial charge in [-0.05, 0) is 36.4 Å². The fourth-order valence-corrected chi connectivity index (χ4v) is 3.51. The van der Waals surface area contributed by atoms with E-state index in [1.807, 2.05) is 17.0 Å². The summed E-state index contributed by atoms with van der Waals surface area (Å²) in [6.07, 6.45) is 0. The van der Waals surface area contributed by atoms with E-state index < -0.39 is 0 Å². The number of amides is 1. The predicted molar refractivity (Wildman–Crippen MR) is 94.0 cm³/mol. The molecular formula is C18H19FN2O2S. The minimum Gasteiger partial charge on any atom is -0.508 e. The van der Waals surface area contributed by atoms with Gasteiger partial charge in [0.05, 0.1) is 5.75 Å². The van der Waals surface area contributed by atoms with Crippen molar-refractivity contribution in [2.45, 2.75) is 4.90 Å². The van der Waals surface area contributed by atoms with Crippen LogP contribution in [0.4, 0.5) is 10.1 Å². The number of rotatable bonds is 4. The molecule has 1 fully saturated rings. The summed E-state index contributed by atoms with van der Waals surface area (Å²) in [5.41, 5.74) is 1.04. The van der Waals surface area contributed by atoms with Crippen molar-refractivity contribution < 1.29 is 14.3 Å². The summed E-state index contributed by atoms with van der Waals surface area (Å²) in [4.78, 5) is 16.8. The molecule has 0 bridgehead atoms. The Hall–Kier alpha value is -2.21. The number of halogens is 1. The van der Waals surface area contributed by atoms with Crippen LogP contribution in [0.1, 0.15) is 0 Å². The van der Waals surface area contributed by atoms with Gasteiger partial charge in [-0.25, -0.2) is 4.39 Å². The van der Waals surface area contributed by atoms with Crippen molar-refractivity contribution in [1.29, 1.82) is 0 Å². The minimum atomic E-state index is -0.285. The van der Waals surface area contributed by atoms with Crippen LogP contribution >= 0.6 is 11.8 Å². The van der Waals surface area contributed by atoms with Crippen LogP contribution in [0, 0.1) is 5.82 Å². The highest BCUT2D eigenvalue weighted by Gasteiger charge is 2.21. The van der Waals surface area contributed by atoms with Gasteiger partial charge >= 0.3 is 0 Å². The number of benzene rings is 2. The third kappa shape index (κ3) is 4.00. The molecule has 0 unspecified atom stereocenters. The van der Waals surface area contributed by atoms with E-state index in [2.05, 4.69) is 4.90 Å². The normalized spacial score (nSPS) is 14.7. The van der Waals surface area contributed by atoms with Crippen LogP contribution in [0.5, 0.6) is 5.75 Å². The number of carbonyl (C=O) groups is 1. The summed E-state index contributed by atoms with van der Waals surface area (Å²) in [5, 5.41) is 9.34. The summed E-state index contributed by atoms with van der Waals surface area (Å²) in [6, 6.07) is 13.6. The second kappa shape index (κ2) is 7.57. The highest BCUT2D eigenvalue weighted by Crippen LogP contribution is 2.23. The molecule has 24 heavy (non-hydrogen) atoms. The van der Waals surface area contributed by atoms with Crippen molar-refractivity contribution in [2.24, 2.45) is 0 Å². The predicted octanol–water partition coefficient (Wildman–Crippen LogP) is 2.97. The monoisotopic (exact) mass is 346 g/mol. The molecule has 3 rings (SSSR count). The first-order chi connectivity index (χ1) is 11.6. The Morgan fingerprint density at radius 3 is 2.38 bits per heavy atom. The standard InChI is InChI=1S/C18H19FN2O2S/c19-16-3-1-2-4-17(16)24-13-18(23)21-11-9-20(10-12-21)14-5-7-15(22)8-6-14/h1-8,22H,9-13H2. The molecule has 1 aliphatic rings. The molecule has 0 radical (unpaired) electrons. The molecule has 1 saturated heterocycles. The van der Waals surface area contributed by atoms with Crippen LogP contribution in [-0.4, -0.2) is 47.8 Å². The third-order valence-corrected chi connectivity index (χ3v) is 5.07. The van der Waals surface area contributed by atoms with Crippen LogP contribution in [0.2, 0.25) is 0 Å². The average molecular weight is 346 g/mol.